The first-order valence-electron chi connectivity index (χ1n) is 13.4. The first-order valence-corrected chi connectivity index (χ1v) is 13.4. The van der Waals surface area contributed by atoms with Crippen molar-refractivity contribution in [2.45, 2.75) is 32.2 Å². The van der Waals surface area contributed by atoms with Gasteiger partial charge >= 0.3 is 0 Å². The largest absolute Gasteiger partial charge is 0.388 e. The number of halogens is 2. The van der Waals surface area contributed by atoms with E-state index in [9.17, 15) is 14.0 Å². The zero-order valence-corrected chi connectivity index (χ0v) is 22.4. The maximum absolute atomic E-state index is 15.6. The molecule has 4 heterocycles. The van der Waals surface area contributed by atoms with Crippen LogP contribution < -0.4 is 21.4 Å². The molecule has 2 atom stereocenters. The molecule has 204 valence electrons. The molecule has 1 aliphatic heterocycles. The lowest BCUT2D eigenvalue weighted by Crippen LogP contribution is -2.24. The van der Waals surface area contributed by atoms with Crippen molar-refractivity contribution < 1.29 is 13.6 Å². The lowest BCUT2D eigenvalue weighted by Gasteiger charge is -2.26. The Morgan fingerprint density at radius 3 is 2.65 bits per heavy atom. The standard InChI is InChI=1S/C30H28F2N6O2/c1-14(39)19-12-37(3)29-17(28(19)40)6-15(10-36-29)18-11-35-22-7-16-21(34-2)8-20(31)26(32)24(16)25(22)27(18)38-5-4-30(13-38)9-23(30)33/h6,8,10-12,23,34H,4-5,7,9,13,33H2,1-3H3/t23-,30+/m1/s1. The van der Waals surface area contributed by atoms with Crippen LogP contribution in [0.25, 0.3) is 33.3 Å². The van der Waals surface area contributed by atoms with Gasteiger partial charge in [0.15, 0.2) is 17.4 Å². The van der Waals surface area contributed by atoms with Gasteiger partial charge in [-0.2, -0.15) is 0 Å². The van der Waals surface area contributed by atoms with Gasteiger partial charge < -0.3 is 20.5 Å². The number of benzene rings is 1. The Balaban J connectivity index is 1.51. The molecule has 7 rings (SSSR count). The number of fused-ring (bicyclic) bond motifs is 4. The number of nitrogens with two attached hydrogens (primary N) is 1. The third kappa shape index (κ3) is 3.38. The molecular formula is C30H28F2N6O2. The van der Waals surface area contributed by atoms with Gasteiger partial charge in [0.1, 0.15) is 5.65 Å². The molecule has 2 aliphatic carbocycles. The van der Waals surface area contributed by atoms with Crippen molar-refractivity contribution in [3.63, 3.8) is 0 Å². The topological polar surface area (TPSA) is 106 Å². The highest BCUT2D eigenvalue weighted by Crippen LogP contribution is 2.56. The van der Waals surface area contributed by atoms with Crippen molar-refractivity contribution in [3.05, 3.63) is 69.4 Å². The average molecular weight is 543 g/mol. The Morgan fingerprint density at radius 1 is 1.20 bits per heavy atom. The minimum atomic E-state index is -0.929. The van der Waals surface area contributed by atoms with Gasteiger partial charge in [0.05, 0.1) is 22.3 Å². The highest BCUT2D eigenvalue weighted by Gasteiger charge is 2.56. The minimum absolute atomic E-state index is 0.0133. The minimum Gasteiger partial charge on any atom is -0.388 e. The summed E-state index contributed by atoms with van der Waals surface area (Å²) in [6, 6.07) is 3.02. The SMILES string of the molecule is CNc1cc(F)c(F)c2c1Cc1ncc(-c3cnc4c(c3)c(=O)c(C(C)=O)cn4C)c(N3CC[C@]4(C[C@H]4N)C3)c1-2. The second-order valence-corrected chi connectivity index (χ2v) is 11.3. The summed E-state index contributed by atoms with van der Waals surface area (Å²) in [4.78, 5) is 36.9. The summed E-state index contributed by atoms with van der Waals surface area (Å²) in [7, 11) is 3.42. The summed E-state index contributed by atoms with van der Waals surface area (Å²) in [5.41, 5.74) is 11.1. The normalized spacial score (nSPS) is 20.8. The molecule has 3 aromatic heterocycles. The number of carbonyl (C=O) groups is 1. The first-order chi connectivity index (χ1) is 19.1. The van der Waals surface area contributed by atoms with Crippen LogP contribution in [0.15, 0.2) is 35.5 Å². The fourth-order valence-electron chi connectivity index (χ4n) is 6.67. The van der Waals surface area contributed by atoms with Crippen LogP contribution in [0.1, 0.15) is 41.4 Å². The molecule has 1 spiro atoms. The van der Waals surface area contributed by atoms with Crippen LogP contribution in [0.4, 0.5) is 20.2 Å². The maximum atomic E-state index is 15.6. The van der Waals surface area contributed by atoms with Crippen molar-refractivity contribution >= 4 is 28.2 Å². The van der Waals surface area contributed by atoms with Crippen molar-refractivity contribution in [3.8, 4) is 22.3 Å². The van der Waals surface area contributed by atoms with Crippen LogP contribution in [0.3, 0.4) is 0 Å². The summed E-state index contributed by atoms with van der Waals surface area (Å²) < 4.78 is 32.1. The number of anilines is 2. The molecule has 1 aromatic carbocycles. The number of Topliss-reactive ketones (excluding diaryl/α,β-unsaturated/α-hetero) is 1. The molecule has 0 unspecified atom stereocenters. The van der Waals surface area contributed by atoms with E-state index in [1.165, 1.54) is 19.2 Å². The molecule has 8 nitrogen and oxygen atoms in total. The molecule has 4 aromatic rings. The number of aryl methyl sites for hydroxylation is 1. The summed E-state index contributed by atoms with van der Waals surface area (Å²) in [6.45, 7) is 2.76. The number of rotatable bonds is 4. The second-order valence-electron chi connectivity index (χ2n) is 11.3. The van der Waals surface area contributed by atoms with E-state index in [1.54, 1.807) is 37.1 Å². The van der Waals surface area contributed by atoms with Gasteiger partial charge in [0.25, 0.3) is 0 Å². The molecule has 0 radical (unpaired) electrons. The van der Waals surface area contributed by atoms with E-state index in [4.69, 9.17) is 10.7 Å². The number of hydrogen-bond donors (Lipinski definition) is 2. The van der Waals surface area contributed by atoms with Crippen LogP contribution >= 0.6 is 0 Å². The molecule has 1 saturated heterocycles. The van der Waals surface area contributed by atoms with Crippen LogP contribution in [-0.2, 0) is 13.5 Å². The molecule has 0 amide bonds. The molecule has 0 bridgehead atoms. The molecule has 3 aliphatic rings. The van der Waals surface area contributed by atoms with E-state index in [0.29, 0.717) is 64.2 Å². The molecule has 3 N–H and O–H groups in total. The maximum Gasteiger partial charge on any atom is 0.201 e. The van der Waals surface area contributed by atoms with Crippen molar-refractivity contribution in [2.24, 2.45) is 18.2 Å². The summed E-state index contributed by atoms with van der Waals surface area (Å²) in [5.74, 6) is -2.16. The highest BCUT2D eigenvalue weighted by atomic mass is 19.2. The molecule has 2 fully saturated rings. The lowest BCUT2D eigenvalue weighted by atomic mass is 9.97. The van der Waals surface area contributed by atoms with Gasteiger partial charge in [-0.1, -0.05) is 0 Å². The third-order valence-corrected chi connectivity index (χ3v) is 8.98. The number of ketones is 1. The van der Waals surface area contributed by atoms with Crippen LogP contribution in [-0.4, -0.2) is 46.5 Å². The average Bonchev–Trinajstić information content (AvgIpc) is 3.25. The van der Waals surface area contributed by atoms with Crippen LogP contribution in [0.5, 0.6) is 0 Å². The number of nitrogens with one attached hydrogen (secondary N) is 1. The molecule has 10 heteroatoms. The fourth-order valence-corrected chi connectivity index (χ4v) is 6.67. The predicted molar refractivity (Wildman–Crippen MR) is 150 cm³/mol. The Kier molecular flexibility index (Phi) is 5.22. The molecular weight excluding hydrogens is 514 g/mol. The van der Waals surface area contributed by atoms with Gasteiger partial charge in [-0.15, -0.1) is 0 Å². The Morgan fingerprint density at radius 2 is 1.98 bits per heavy atom. The number of hydrogen-bond acceptors (Lipinski definition) is 7. The fraction of sp³-hybridized carbons (Fsp3) is 0.333. The lowest BCUT2D eigenvalue weighted by molar-refractivity contribution is 0.101. The Hall–Kier alpha value is -4.18. The summed E-state index contributed by atoms with van der Waals surface area (Å²) >= 11 is 0. The first kappa shape index (κ1) is 24.8. The number of nitrogens with zero attached hydrogens (tertiary/aromatic N) is 4. The monoisotopic (exact) mass is 542 g/mol. The third-order valence-electron chi connectivity index (χ3n) is 8.98. The van der Waals surface area contributed by atoms with Crippen molar-refractivity contribution in [2.75, 3.05) is 30.4 Å². The Labute approximate surface area is 228 Å². The van der Waals surface area contributed by atoms with E-state index < -0.39 is 17.1 Å². The predicted octanol–water partition coefficient (Wildman–Crippen LogP) is 4.02. The van der Waals surface area contributed by atoms with Crippen molar-refractivity contribution in [1.29, 1.82) is 0 Å². The number of carbonyl (C=O) groups excluding carboxylic acids is 1. The quantitative estimate of drug-likeness (QED) is 0.331. The molecule has 1 saturated carbocycles. The van der Waals surface area contributed by atoms with Gasteiger partial charge in [-0.05, 0) is 31.4 Å². The van der Waals surface area contributed by atoms with Crippen LogP contribution in [0.2, 0.25) is 0 Å². The van der Waals surface area contributed by atoms with E-state index in [0.717, 1.165) is 18.5 Å². The summed E-state index contributed by atoms with van der Waals surface area (Å²) in [6.07, 6.45) is 7.09. The van der Waals surface area contributed by atoms with Gasteiger partial charge in [-0.3, -0.25) is 14.6 Å². The van der Waals surface area contributed by atoms with Crippen LogP contribution in [0, 0.1) is 17.0 Å². The number of pyridine rings is 3. The van der Waals surface area contributed by atoms with Crippen molar-refractivity contribution in [1.82, 2.24) is 14.5 Å². The molecule has 40 heavy (non-hydrogen) atoms. The summed E-state index contributed by atoms with van der Waals surface area (Å²) in [5, 5.41) is 3.30. The van der Waals surface area contributed by atoms with E-state index in [2.05, 4.69) is 15.2 Å². The van der Waals surface area contributed by atoms with Gasteiger partial charge in [0, 0.05) is 97.7 Å². The Bertz CT molecular complexity index is 1850. The zero-order chi connectivity index (χ0) is 28.1. The zero-order valence-electron chi connectivity index (χ0n) is 22.4. The van der Waals surface area contributed by atoms with Gasteiger partial charge in [0.2, 0.25) is 5.43 Å². The van der Waals surface area contributed by atoms with E-state index in [-0.39, 0.29) is 28.4 Å². The van der Waals surface area contributed by atoms with Gasteiger partial charge in [-0.25, -0.2) is 13.8 Å². The van der Waals surface area contributed by atoms with E-state index in [1.807, 2.05) is 0 Å². The number of aromatic nitrogens is 3. The van der Waals surface area contributed by atoms with E-state index >= 15 is 4.39 Å². The highest BCUT2D eigenvalue weighted by molar-refractivity contribution is 5.99. The smallest absolute Gasteiger partial charge is 0.201 e. The second kappa shape index (κ2) is 8.41.